The molecule has 2 heterocycles. The molecular weight excluding hydrogens is 572 g/mol. The van der Waals surface area contributed by atoms with Crippen molar-refractivity contribution in [3.63, 3.8) is 0 Å². The number of carbonyl (C=O) groups is 1. The summed E-state index contributed by atoms with van der Waals surface area (Å²) in [7, 11) is 3.10. The topological polar surface area (TPSA) is 99.4 Å². The molecule has 226 valence electrons. The van der Waals surface area contributed by atoms with Crippen molar-refractivity contribution in [1.82, 2.24) is 9.97 Å². The molecule has 1 amide bonds. The summed E-state index contributed by atoms with van der Waals surface area (Å²) in [6.07, 6.45) is 3.69. The van der Waals surface area contributed by atoms with Gasteiger partial charge in [-0.2, -0.15) is 0 Å². The average molecular weight is 605 g/mol. The highest BCUT2D eigenvalue weighted by Gasteiger charge is 2.16. The number of rotatable bonds is 6. The Kier molecular flexibility index (Phi) is 8.83. The van der Waals surface area contributed by atoms with Gasteiger partial charge in [0.25, 0.3) is 5.91 Å². The van der Waals surface area contributed by atoms with Gasteiger partial charge in [-0.25, -0.2) is 0 Å². The second-order valence-electron chi connectivity index (χ2n) is 10.5. The van der Waals surface area contributed by atoms with Crippen molar-refractivity contribution in [3.8, 4) is 33.8 Å². The Morgan fingerprint density at radius 3 is 1.83 bits per heavy atom. The molecule has 3 N–H and O–H groups in total. The number of carbonyl (C=O) groups excluding carboxylic acids is 1. The summed E-state index contributed by atoms with van der Waals surface area (Å²) in [5.74, 6) is 0.818. The van der Waals surface area contributed by atoms with E-state index in [0.717, 1.165) is 49.7 Å². The lowest BCUT2D eigenvalue weighted by Crippen LogP contribution is -2.14. The third-order valence-electron chi connectivity index (χ3n) is 7.59. The predicted molar refractivity (Wildman–Crippen MR) is 186 cm³/mol. The van der Waals surface area contributed by atoms with Crippen LogP contribution in [0.3, 0.4) is 0 Å². The summed E-state index contributed by atoms with van der Waals surface area (Å²) in [5, 5.41) is 5.18. The van der Waals surface area contributed by atoms with Crippen molar-refractivity contribution in [2.75, 3.05) is 25.3 Å². The molecule has 0 spiro atoms. The Labute approximate surface area is 267 Å². The summed E-state index contributed by atoms with van der Waals surface area (Å²) >= 11 is 0. The van der Waals surface area contributed by atoms with Gasteiger partial charge in [0.15, 0.2) is 0 Å². The normalized spacial score (nSPS) is 10.6. The second-order valence-corrected chi connectivity index (χ2v) is 10.5. The molecule has 7 rings (SSSR count). The summed E-state index contributed by atoms with van der Waals surface area (Å²) in [5.41, 5.74) is 13.7. The van der Waals surface area contributed by atoms with Gasteiger partial charge in [-0.15, -0.1) is 0 Å². The molecule has 7 aromatic rings. The van der Waals surface area contributed by atoms with Crippen LogP contribution in [0.5, 0.6) is 11.5 Å². The molecule has 0 radical (unpaired) electrons. The van der Waals surface area contributed by atoms with Gasteiger partial charge >= 0.3 is 0 Å². The van der Waals surface area contributed by atoms with Crippen LogP contribution in [0.25, 0.3) is 44.1 Å². The number of nitrogens with one attached hydrogen (secondary N) is 1. The highest BCUT2D eigenvalue weighted by atomic mass is 16.5. The molecule has 7 nitrogen and oxygen atoms in total. The average Bonchev–Trinajstić information content (AvgIpc) is 3.11. The van der Waals surface area contributed by atoms with Crippen molar-refractivity contribution in [2.24, 2.45) is 0 Å². The molecule has 0 saturated heterocycles. The van der Waals surface area contributed by atoms with Gasteiger partial charge in [-0.05, 0) is 48.5 Å². The molecule has 0 fully saturated rings. The summed E-state index contributed by atoms with van der Waals surface area (Å²) < 4.78 is 10.6. The predicted octanol–water partition coefficient (Wildman–Crippen LogP) is 8.66. The van der Waals surface area contributed by atoms with Crippen LogP contribution in [0.1, 0.15) is 10.4 Å². The standard InChI is InChI=1S/C24H20N2O3.C15H12N2/c1-28-18-11-12-20(23(14-18)29-2)24(27)26-22-10-6-4-8-19(22)17-13-16-7-3-5-9-21(16)25-15-17;16-14-7-3-2-6-13(14)12-9-11-5-1-4-8-15(11)17-10-12/h3-15H,1-2H3,(H,26,27);1-10H,16H2. The van der Waals surface area contributed by atoms with Crippen LogP contribution in [-0.4, -0.2) is 30.1 Å². The highest BCUT2D eigenvalue weighted by molar-refractivity contribution is 6.08. The van der Waals surface area contributed by atoms with Crippen molar-refractivity contribution in [2.45, 2.75) is 0 Å². The molecule has 0 saturated carbocycles. The lowest BCUT2D eigenvalue weighted by Gasteiger charge is -2.14. The van der Waals surface area contributed by atoms with Crippen molar-refractivity contribution < 1.29 is 14.3 Å². The molecule has 2 aromatic heterocycles. The number of anilines is 2. The van der Waals surface area contributed by atoms with Gasteiger partial charge < -0.3 is 20.5 Å². The largest absolute Gasteiger partial charge is 0.497 e. The maximum atomic E-state index is 12.9. The number of aromatic nitrogens is 2. The number of amides is 1. The Balaban J connectivity index is 0.000000185. The van der Waals surface area contributed by atoms with Crippen LogP contribution in [0.4, 0.5) is 11.4 Å². The number of nitrogens with zero attached hydrogens (tertiary/aromatic N) is 2. The fraction of sp³-hybridized carbons (Fsp3) is 0.0513. The molecule has 0 aliphatic rings. The van der Waals surface area contributed by atoms with E-state index < -0.39 is 0 Å². The van der Waals surface area contributed by atoms with Gasteiger partial charge in [0, 0.05) is 62.9 Å². The van der Waals surface area contributed by atoms with Crippen LogP contribution in [-0.2, 0) is 0 Å². The first-order valence-corrected chi connectivity index (χ1v) is 14.7. The zero-order chi connectivity index (χ0) is 31.9. The van der Waals surface area contributed by atoms with E-state index in [0.29, 0.717) is 22.7 Å². The Morgan fingerprint density at radius 1 is 0.630 bits per heavy atom. The lowest BCUT2D eigenvalue weighted by atomic mass is 10.0. The summed E-state index contributed by atoms with van der Waals surface area (Å²) in [6, 6.07) is 40.8. The Bertz CT molecular complexity index is 2160. The minimum atomic E-state index is -0.259. The van der Waals surface area contributed by atoms with E-state index in [1.54, 1.807) is 25.3 Å². The van der Waals surface area contributed by atoms with Gasteiger partial charge in [0.05, 0.1) is 30.8 Å². The minimum Gasteiger partial charge on any atom is -0.497 e. The number of pyridine rings is 2. The van der Waals surface area contributed by atoms with Gasteiger partial charge in [0.1, 0.15) is 11.5 Å². The molecule has 0 aliphatic heterocycles. The number of hydrogen-bond acceptors (Lipinski definition) is 6. The zero-order valence-electron chi connectivity index (χ0n) is 25.5. The smallest absolute Gasteiger partial charge is 0.259 e. The van der Waals surface area contributed by atoms with Crippen LogP contribution < -0.4 is 20.5 Å². The van der Waals surface area contributed by atoms with Crippen molar-refractivity contribution in [3.05, 3.63) is 145 Å². The van der Waals surface area contributed by atoms with E-state index in [9.17, 15) is 4.79 Å². The number of ether oxygens (including phenoxy) is 2. The van der Waals surface area contributed by atoms with Gasteiger partial charge in [-0.3, -0.25) is 14.8 Å². The van der Waals surface area contributed by atoms with Gasteiger partial charge in [-0.1, -0.05) is 72.8 Å². The van der Waals surface area contributed by atoms with Crippen LogP contribution >= 0.6 is 0 Å². The maximum Gasteiger partial charge on any atom is 0.259 e. The van der Waals surface area contributed by atoms with E-state index in [1.165, 1.54) is 7.11 Å². The first-order chi connectivity index (χ1) is 22.5. The minimum absolute atomic E-state index is 0.259. The third-order valence-corrected chi connectivity index (χ3v) is 7.59. The lowest BCUT2D eigenvalue weighted by molar-refractivity contribution is 0.102. The quantitative estimate of drug-likeness (QED) is 0.184. The first-order valence-electron chi connectivity index (χ1n) is 14.7. The van der Waals surface area contributed by atoms with E-state index in [4.69, 9.17) is 15.2 Å². The Morgan fingerprint density at radius 2 is 1.20 bits per heavy atom. The Hall–Kier alpha value is -6.21. The van der Waals surface area contributed by atoms with Crippen LogP contribution in [0.15, 0.2) is 140 Å². The van der Waals surface area contributed by atoms with E-state index >= 15 is 0 Å². The number of benzene rings is 5. The second kappa shape index (κ2) is 13.6. The number of fused-ring (bicyclic) bond motifs is 2. The SMILES string of the molecule is COc1ccc(C(=O)Nc2ccccc2-c2cnc3ccccc3c2)c(OC)c1.Nc1ccccc1-c1cnc2ccccc2c1. The third kappa shape index (κ3) is 6.49. The fourth-order valence-electron chi connectivity index (χ4n) is 5.22. The monoisotopic (exact) mass is 604 g/mol. The molecule has 5 aromatic carbocycles. The molecular formula is C39H32N4O3. The number of methoxy groups -OCH3 is 2. The fourth-order valence-corrected chi connectivity index (χ4v) is 5.22. The van der Waals surface area contributed by atoms with Crippen LogP contribution in [0.2, 0.25) is 0 Å². The van der Waals surface area contributed by atoms with Crippen molar-refractivity contribution >= 4 is 39.1 Å². The van der Waals surface area contributed by atoms with E-state index in [1.807, 2.05) is 103 Å². The van der Waals surface area contributed by atoms with E-state index in [-0.39, 0.29) is 5.91 Å². The number of nitrogens with two attached hydrogens (primary N) is 1. The van der Waals surface area contributed by atoms with E-state index in [2.05, 4.69) is 33.5 Å². The number of para-hydroxylation sites is 4. The molecule has 0 bridgehead atoms. The number of hydrogen-bond donors (Lipinski definition) is 2. The van der Waals surface area contributed by atoms with Crippen molar-refractivity contribution in [1.29, 1.82) is 0 Å². The highest BCUT2D eigenvalue weighted by Crippen LogP contribution is 2.31. The molecule has 46 heavy (non-hydrogen) atoms. The van der Waals surface area contributed by atoms with Crippen LogP contribution in [0, 0.1) is 0 Å². The molecule has 0 aliphatic carbocycles. The van der Waals surface area contributed by atoms with Gasteiger partial charge in [0.2, 0.25) is 0 Å². The molecule has 0 atom stereocenters. The zero-order valence-corrected chi connectivity index (χ0v) is 25.5. The summed E-state index contributed by atoms with van der Waals surface area (Å²) in [6.45, 7) is 0. The molecule has 0 unspecified atom stereocenters. The summed E-state index contributed by atoms with van der Waals surface area (Å²) in [4.78, 5) is 21.9. The number of nitrogen functional groups attached to an aromatic ring is 1. The maximum absolute atomic E-state index is 12.9. The first kappa shape index (κ1) is 29.8. The molecule has 7 heteroatoms.